The predicted molar refractivity (Wildman–Crippen MR) is 75.5 cm³/mol. The molecular formula is C12H8BrClN4O. The van der Waals surface area contributed by atoms with Crippen LogP contribution in [0.15, 0.2) is 35.1 Å². The van der Waals surface area contributed by atoms with Gasteiger partial charge in [0.2, 0.25) is 0 Å². The van der Waals surface area contributed by atoms with E-state index in [9.17, 15) is 0 Å². The first-order valence-electron chi connectivity index (χ1n) is 5.39. The molecule has 2 heterocycles. The molecule has 0 unspecified atom stereocenters. The lowest BCUT2D eigenvalue weighted by molar-refractivity contribution is 0.416. The van der Waals surface area contributed by atoms with Crippen LogP contribution in [0.3, 0.4) is 0 Å². The van der Waals surface area contributed by atoms with E-state index in [2.05, 4.69) is 31.1 Å². The van der Waals surface area contributed by atoms with Gasteiger partial charge >= 0.3 is 0 Å². The number of fused-ring (bicyclic) bond motifs is 1. The van der Waals surface area contributed by atoms with Gasteiger partial charge in [-0.25, -0.2) is 0 Å². The minimum atomic E-state index is 0.447. The lowest BCUT2D eigenvalue weighted by atomic mass is 10.2. The van der Waals surface area contributed by atoms with Gasteiger partial charge in [-0.15, -0.1) is 10.2 Å². The van der Waals surface area contributed by atoms with E-state index < -0.39 is 0 Å². The van der Waals surface area contributed by atoms with E-state index in [1.807, 2.05) is 18.2 Å². The van der Waals surface area contributed by atoms with Gasteiger partial charge in [0.25, 0.3) is 0 Å². The second-order valence-corrected chi connectivity index (χ2v) is 5.09. The van der Waals surface area contributed by atoms with Crippen LogP contribution >= 0.6 is 27.5 Å². The molecule has 0 atom stereocenters. The predicted octanol–water partition coefficient (Wildman–Crippen LogP) is 3.22. The first kappa shape index (κ1) is 12.4. The van der Waals surface area contributed by atoms with Gasteiger partial charge in [0.05, 0.1) is 25.1 Å². The van der Waals surface area contributed by atoms with Crippen molar-refractivity contribution >= 4 is 33.2 Å². The van der Waals surface area contributed by atoms with Crippen LogP contribution in [-0.4, -0.2) is 26.7 Å². The van der Waals surface area contributed by atoms with Crippen molar-refractivity contribution in [3.8, 4) is 17.1 Å². The summed E-state index contributed by atoms with van der Waals surface area (Å²) in [6.07, 6.45) is 3.15. The Balaban J connectivity index is 2.31. The van der Waals surface area contributed by atoms with Crippen LogP contribution in [0.25, 0.3) is 17.0 Å². The van der Waals surface area contributed by atoms with Gasteiger partial charge in [0, 0.05) is 4.47 Å². The number of methoxy groups -OCH3 is 1. The summed E-state index contributed by atoms with van der Waals surface area (Å²) in [5.74, 6) is 1.31. The number of hydrogen-bond donors (Lipinski definition) is 0. The molecule has 19 heavy (non-hydrogen) atoms. The van der Waals surface area contributed by atoms with Crippen molar-refractivity contribution in [2.45, 2.75) is 0 Å². The summed E-state index contributed by atoms with van der Waals surface area (Å²) in [5, 5.41) is 8.66. The molecule has 0 saturated carbocycles. The topological polar surface area (TPSA) is 52.3 Å². The third-order valence-electron chi connectivity index (χ3n) is 2.68. The molecule has 0 aliphatic carbocycles. The van der Waals surface area contributed by atoms with Crippen LogP contribution in [0.2, 0.25) is 5.15 Å². The quantitative estimate of drug-likeness (QED) is 0.719. The Morgan fingerprint density at radius 2 is 2.11 bits per heavy atom. The zero-order valence-corrected chi connectivity index (χ0v) is 12.2. The van der Waals surface area contributed by atoms with Crippen molar-refractivity contribution in [1.29, 1.82) is 0 Å². The van der Waals surface area contributed by atoms with Crippen LogP contribution in [0.4, 0.5) is 0 Å². The standard InChI is InChI=1S/C12H8BrClN4O/c1-19-9-4-7(13)2-3-8(9)12-17-16-11-6-15-5-10(14)18(11)12/h2-6H,1H3. The fourth-order valence-corrected chi connectivity index (χ4v) is 2.40. The summed E-state index contributed by atoms with van der Waals surface area (Å²) in [6, 6.07) is 5.68. The molecule has 0 N–H and O–H groups in total. The Bertz CT molecular complexity index is 759. The Morgan fingerprint density at radius 1 is 1.26 bits per heavy atom. The Labute approximate surface area is 122 Å². The fraction of sp³-hybridized carbons (Fsp3) is 0.0833. The van der Waals surface area contributed by atoms with E-state index in [-0.39, 0.29) is 0 Å². The zero-order valence-electron chi connectivity index (χ0n) is 9.84. The fourth-order valence-electron chi connectivity index (χ4n) is 1.84. The normalized spacial score (nSPS) is 10.9. The number of benzene rings is 1. The van der Waals surface area contributed by atoms with Crippen molar-refractivity contribution < 1.29 is 4.74 Å². The SMILES string of the molecule is COc1cc(Br)ccc1-c1nnc2cncc(Cl)n12. The van der Waals surface area contributed by atoms with Gasteiger partial charge in [-0.1, -0.05) is 27.5 Å². The molecule has 3 rings (SSSR count). The van der Waals surface area contributed by atoms with E-state index in [4.69, 9.17) is 16.3 Å². The number of rotatable bonds is 2. The van der Waals surface area contributed by atoms with Crippen LogP contribution in [0, 0.1) is 0 Å². The molecule has 2 aromatic heterocycles. The molecule has 0 aliphatic heterocycles. The third-order valence-corrected chi connectivity index (χ3v) is 3.44. The average Bonchev–Trinajstić information content (AvgIpc) is 2.84. The summed E-state index contributed by atoms with van der Waals surface area (Å²) < 4.78 is 8.02. The minimum Gasteiger partial charge on any atom is -0.496 e. The lowest BCUT2D eigenvalue weighted by Gasteiger charge is -2.08. The first-order chi connectivity index (χ1) is 9.20. The molecule has 0 aliphatic rings. The van der Waals surface area contributed by atoms with E-state index in [1.54, 1.807) is 23.9 Å². The largest absolute Gasteiger partial charge is 0.496 e. The van der Waals surface area contributed by atoms with E-state index >= 15 is 0 Å². The van der Waals surface area contributed by atoms with Gasteiger partial charge < -0.3 is 4.74 Å². The molecule has 3 aromatic rings. The number of halogens is 2. The van der Waals surface area contributed by atoms with Crippen molar-refractivity contribution in [2.75, 3.05) is 7.11 Å². The molecular weight excluding hydrogens is 332 g/mol. The third kappa shape index (κ3) is 2.06. The maximum atomic E-state index is 6.15. The van der Waals surface area contributed by atoms with Crippen LogP contribution < -0.4 is 4.74 Å². The number of ether oxygens (including phenoxy) is 1. The van der Waals surface area contributed by atoms with Gasteiger partial charge in [-0.05, 0) is 18.2 Å². The number of hydrogen-bond acceptors (Lipinski definition) is 4. The van der Waals surface area contributed by atoms with E-state index in [1.165, 1.54) is 0 Å². The van der Waals surface area contributed by atoms with Gasteiger partial charge in [0.1, 0.15) is 10.9 Å². The van der Waals surface area contributed by atoms with Gasteiger partial charge in [0.15, 0.2) is 11.5 Å². The summed E-state index contributed by atoms with van der Waals surface area (Å²) in [5.41, 5.74) is 1.40. The lowest BCUT2D eigenvalue weighted by Crippen LogP contribution is -1.95. The Hall–Kier alpha value is -1.66. The molecule has 0 fully saturated rings. The second kappa shape index (κ2) is 4.79. The highest BCUT2D eigenvalue weighted by Gasteiger charge is 2.15. The Morgan fingerprint density at radius 3 is 2.89 bits per heavy atom. The van der Waals surface area contributed by atoms with Crippen molar-refractivity contribution in [3.05, 3.63) is 40.2 Å². The summed E-state index contributed by atoms with van der Waals surface area (Å²) in [4.78, 5) is 3.98. The first-order valence-corrected chi connectivity index (χ1v) is 6.56. The second-order valence-electron chi connectivity index (χ2n) is 3.79. The van der Waals surface area contributed by atoms with E-state index in [0.717, 1.165) is 10.0 Å². The van der Waals surface area contributed by atoms with Crippen LogP contribution in [0.1, 0.15) is 0 Å². The van der Waals surface area contributed by atoms with Crippen LogP contribution in [-0.2, 0) is 0 Å². The molecule has 0 saturated heterocycles. The van der Waals surface area contributed by atoms with Crippen LogP contribution in [0.5, 0.6) is 5.75 Å². The molecule has 7 heteroatoms. The highest BCUT2D eigenvalue weighted by Crippen LogP contribution is 2.32. The molecule has 0 radical (unpaired) electrons. The maximum Gasteiger partial charge on any atom is 0.180 e. The smallest absolute Gasteiger partial charge is 0.180 e. The molecule has 0 amide bonds. The molecule has 0 spiro atoms. The average molecular weight is 340 g/mol. The Kier molecular flexibility index (Phi) is 3.12. The van der Waals surface area contributed by atoms with E-state index in [0.29, 0.717) is 22.4 Å². The summed E-state index contributed by atoms with van der Waals surface area (Å²) in [7, 11) is 1.61. The zero-order chi connectivity index (χ0) is 13.4. The molecule has 0 bridgehead atoms. The molecule has 1 aromatic carbocycles. The monoisotopic (exact) mass is 338 g/mol. The number of aromatic nitrogens is 4. The molecule has 5 nitrogen and oxygen atoms in total. The van der Waals surface area contributed by atoms with Gasteiger partial charge in [-0.2, -0.15) is 0 Å². The van der Waals surface area contributed by atoms with Crippen molar-refractivity contribution in [3.63, 3.8) is 0 Å². The highest BCUT2D eigenvalue weighted by molar-refractivity contribution is 9.10. The van der Waals surface area contributed by atoms with Crippen molar-refractivity contribution in [1.82, 2.24) is 19.6 Å². The maximum absolute atomic E-state index is 6.15. The van der Waals surface area contributed by atoms with Crippen molar-refractivity contribution in [2.24, 2.45) is 0 Å². The van der Waals surface area contributed by atoms with Gasteiger partial charge in [-0.3, -0.25) is 9.38 Å². The highest BCUT2D eigenvalue weighted by atomic mass is 79.9. The number of nitrogens with zero attached hydrogens (tertiary/aromatic N) is 4. The minimum absolute atomic E-state index is 0.447. The molecule has 96 valence electrons. The summed E-state index contributed by atoms with van der Waals surface area (Å²) >= 11 is 9.56. The summed E-state index contributed by atoms with van der Waals surface area (Å²) in [6.45, 7) is 0.